The fraction of sp³-hybridized carbons (Fsp3) is 0.179. The van der Waals surface area contributed by atoms with Gasteiger partial charge in [0, 0.05) is 60.0 Å². The molecule has 7 aromatic carbocycles. The third-order valence-electron chi connectivity index (χ3n) is 15.9. The summed E-state index contributed by atoms with van der Waals surface area (Å²) < 4.78 is 6.20. The maximum absolute atomic E-state index is 4.55. The van der Waals surface area contributed by atoms with Crippen LogP contribution in [0.5, 0.6) is 0 Å². The summed E-state index contributed by atoms with van der Waals surface area (Å²) in [4.78, 5) is 9.88. The first-order chi connectivity index (χ1) is 30.2. The summed E-state index contributed by atoms with van der Waals surface area (Å²) in [5, 5.41) is 7.44. The Balaban J connectivity index is 0.881. The van der Waals surface area contributed by atoms with Crippen molar-refractivity contribution in [1.82, 2.24) is 19.1 Å². The number of para-hydroxylation sites is 2. The number of rotatable bonds is 3. The van der Waals surface area contributed by atoms with Crippen molar-refractivity contribution in [3.63, 3.8) is 0 Å². The number of nitrogens with zero attached hydrogens (tertiary/aromatic N) is 4. The molecule has 5 aliphatic carbocycles. The van der Waals surface area contributed by atoms with E-state index < -0.39 is 0 Å². The summed E-state index contributed by atoms with van der Waals surface area (Å²) in [6.45, 7) is 0. The van der Waals surface area contributed by atoms with Crippen LogP contribution in [0.2, 0.25) is 0 Å². The van der Waals surface area contributed by atoms with E-state index in [9.17, 15) is 0 Å². The average molecular weight is 801 g/mol. The SMILES string of the molecule is c1ccc2c(c1)-c1ccc(-n3c4ccccc4c4cc(-c5ccc6c(c5)c5ccccc5n6-c5ccc6c(c5)sc5ncncc56)ccc43)cc1C21C2CC3CC(C2)CC1C3. The molecule has 0 aliphatic heterocycles. The van der Waals surface area contributed by atoms with Gasteiger partial charge >= 0.3 is 0 Å². The molecule has 4 aromatic heterocycles. The molecule has 0 amide bonds. The van der Waals surface area contributed by atoms with Crippen molar-refractivity contribution in [3.05, 3.63) is 169 Å². The van der Waals surface area contributed by atoms with Gasteiger partial charge in [0.15, 0.2) is 0 Å². The molecule has 4 nitrogen and oxygen atoms in total. The number of fused-ring (bicyclic) bond motifs is 12. The summed E-state index contributed by atoms with van der Waals surface area (Å²) in [5.74, 6) is 3.34. The molecule has 0 unspecified atom stereocenters. The van der Waals surface area contributed by atoms with Crippen LogP contribution in [-0.2, 0) is 5.41 Å². The highest BCUT2D eigenvalue weighted by Gasteiger charge is 2.61. The van der Waals surface area contributed by atoms with Gasteiger partial charge in [0.25, 0.3) is 0 Å². The molecule has 0 radical (unpaired) electrons. The van der Waals surface area contributed by atoms with Gasteiger partial charge in [-0.1, -0.05) is 84.9 Å². The van der Waals surface area contributed by atoms with Crippen molar-refractivity contribution in [2.75, 3.05) is 0 Å². The molecule has 11 aromatic rings. The molecule has 16 rings (SSSR count). The Labute approximate surface area is 356 Å². The smallest absolute Gasteiger partial charge is 0.127 e. The van der Waals surface area contributed by atoms with Gasteiger partial charge in [0.1, 0.15) is 11.2 Å². The molecule has 4 heterocycles. The molecule has 0 N–H and O–H groups in total. The lowest BCUT2D eigenvalue weighted by atomic mass is 9.43. The molecule has 4 saturated carbocycles. The molecule has 1 spiro atoms. The van der Waals surface area contributed by atoms with E-state index in [1.54, 1.807) is 28.8 Å². The number of hydrogen-bond donors (Lipinski definition) is 0. The number of thiophene rings is 1. The second kappa shape index (κ2) is 11.8. The zero-order valence-corrected chi connectivity index (χ0v) is 34.4. The van der Waals surface area contributed by atoms with Crippen molar-refractivity contribution in [1.29, 1.82) is 0 Å². The minimum absolute atomic E-state index is 0.142. The highest BCUT2D eigenvalue weighted by atomic mass is 32.1. The van der Waals surface area contributed by atoms with Crippen LogP contribution in [0, 0.1) is 23.7 Å². The van der Waals surface area contributed by atoms with Gasteiger partial charge in [0.2, 0.25) is 0 Å². The fourth-order valence-electron chi connectivity index (χ4n) is 13.8. The second-order valence-electron chi connectivity index (χ2n) is 18.6. The molecule has 0 atom stereocenters. The first-order valence-electron chi connectivity index (χ1n) is 22.1. The van der Waals surface area contributed by atoms with Crippen molar-refractivity contribution in [2.24, 2.45) is 23.7 Å². The van der Waals surface area contributed by atoms with Gasteiger partial charge in [-0.15, -0.1) is 11.3 Å². The predicted molar refractivity (Wildman–Crippen MR) is 252 cm³/mol. The Morgan fingerprint density at radius 3 is 1.77 bits per heavy atom. The monoisotopic (exact) mass is 800 g/mol. The minimum atomic E-state index is 0.142. The van der Waals surface area contributed by atoms with Gasteiger partial charge in [-0.05, 0) is 150 Å². The predicted octanol–water partition coefficient (Wildman–Crippen LogP) is 14.4. The summed E-state index contributed by atoms with van der Waals surface area (Å²) in [5.41, 5.74) is 16.2. The van der Waals surface area contributed by atoms with E-state index in [4.69, 9.17) is 0 Å². The Morgan fingerprint density at radius 2 is 1.07 bits per heavy atom. The van der Waals surface area contributed by atoms with Gasteiger partial charge in [-0.2, -0.15) is 0 Å². The molecule has 290 valence electrons. The zero-order valence-electron chi connectivity index (χ0n) is 33.6. The summed E-state index contributed by atoms with van der Waals surface area (Å²) in [6, 6.07) is 55.8. The van der Waals surface area contributed by atoms with Crippen LogP contribution in [0.15, 0.2) is 158 Å². The summed E-state index contributed by atoms with van der Waals surface area (Å²) in [6.07, 6.45) is 10.6. The maximum atomic E-state index is 4.55. The summed E-state index contributed by atoms with van der Waals surface area (Å²) >= 11 is 1.73. The maximum Gasteiger partial charge on any atom is 0.127 e. The Bertz CT molecular complexity index is 3670. The van der Waals surface area contributed by atoms with E-state index in [-0.39, 0.29) is 5.41 Å². The van der Waals surface area contributed by atoms with E-state index in [1.165, 1.54) is 114 Å². The fourth-order valence-corrected chi connectivity index (χ4v) is 14.8. The third-order valence-corrected chi connectivity index (χ3v) is 16.9. The number of hydrogen-bond acceptors (Lipinski definition) is 3. The van der Waals surface area contributed by atoms with Crippen LogP contribution in [0.4, 0.5) is 0 Å². The molecular weight excluding hydrogens is 761 g/mol. The van der Waals surface area contributed by atoms with Gasteiger partial charge in [-0.3, -0.25) is 0 Å². The van der Waals surface area contributed by atoms with E-state index >= 15 is 0 Å². The standard InChI is InChI=1S/C56H40N4S/c1-4-10-48-40(7-1)41-17-15-38(28-49(41)56(48)36-22-32-21-33(24-36)25-37(56)23-32)59-50-11-5-2-8-42(50)45-26-34(13-19-52(45)59)35-14-20-53-46(27-35)43-9-3-6-12-51(43)60(53)39-16-18-44-47-30-57-31-58-55(47)61-54(44)29-39/h1-20,26-33,36-37H,21-25H2. The van der Waals surface area contributed by atoms with Crippen molar-refractivity contribution < 1.29 is 0 Å². The van der Waals surface area contributed by atoms with E-state index in [0.29, 0.717) is 0 Å². The van der Waals surface area contributed by atoms with Crippen molar-refractivity contribution in [3.8, 4) is 33.6 Å². The van der Waals surface area contributed by atoms with Crippen molar-refractivity contribution >= 4 is 75.3 Å². The topological polar surface area (TPSA) is 35.6 Å². The Hall–Kier alpha value is -6.56. The van der Waals surface area contributed by atoms with Crippen LogP contribution in [0.1, 0.15) is 43.2 Å². The molecular formula is C56H40N4S. The lowest BCUT2D eigenvalue weighted by Crippen LogP contribution is -2.55. The Morgan fingerprint density at radius 1 is 0.475 bits per heavy atom. The van der Waals surface area contributed by atoms with Crippen LogP contribution in [0.25, 0.3) is 97.5 Å². The number of aromatic nitrogens is 4. The highest BCUT2D eigenvalue weighted by molar-refractivity contribution is 7.25. The molecule has 61 heavy (non-hydrogen) atoms. The van der Waals surface area contributed by atoms with Crippen LogP contribution in [-0.4, -0.2) is 19.1 Å². The van der Waals surface area contributed by atoms with Crippen molar-refractivity contribution in [2.45, 2.75) is 37.5 Å². The lowest BCUT2D eigenvalue weighted by molar-refractivity contribution is -0.0399. The van der Waals surface area contributed by atoms with E-state index in [1.807, 2.05) is 6.20 Å². The number of benzene rings is 7. The van der Waals surface area contributed by atoms with E-state index in [0.717, 1.165) is 39.6 Å². The van der Waals surface area contributed by atoms with Gasteiger partial charge < -0.3 is 9.13 Å². The molecule has 0 saturated heterocycles. The molecule has 5 aliphatic rings. The molecule has 5 heteroatoms. The highest BCUT2D eigenvalue weighted by Crippen LogP contribution is 2.69. The van der Waals surface area contributed by atoms with Gasteiger partial charge in [-0.25, -0.2) is 9.97 Å². The van der Waals surface area contributed by atoms with E-state index in [2.05, 4.69) is 165 Å². The van der Waals surface area contributed by atoms with Crippen LogP contribution >= 0.6 is 11.3 Å². The van der Waals surface area contributed by atoms with Gasteiger partial charge in [0.05, 0.1) is 22.1 Å². The zero-order chi connectivity index (χ0) is 39.6. The third kappa shape index (κ3) is 4.30. The minimum Gasteiger partial charge on any atom is -0.309 e. The largest absolute Gasteiger partial charge is 0.309 e. The quantitative estimate of drug-likeness (QED) is 0.178. The van der Waals surface area contributed by atoms with Crippen LogP contribution < -0.4 is 0 Å². The first-order valence-corrected chi connectivity index (χ1v) is 22.9. The second-order valence-corrected chi connectivity index (χ2v) is 19.7. The average Bonchev–Trinajstić information content (AvgIpc) is 4.02. The molecule has 4 fully saturated rings. The van der Waals surface area contributed by atoms with Crippen LogP contribution in [0.3, 0.4) is 0 Å². The first kappa shape index (κ1) is 33.2. The lowest BCUT2D eigenvalue weighted by Gasteiger charge is -2.61. The molecule has 4 bridgehead atoms. The normalized spacial score (nSPS) is 22.5. The Kier molecular flexibility index (Phi) is 6.44. The summed E-state index contributed by atoms with van der Waals surface area (Å²) in [7, 11) is 0.